The van der Waals surface area contributed by atoms with Crippen LogP contribution in [0.4, 0.5) is 0 Å². The molecule has 0 radical (unpaired) electrons. The van der Waals surface area contributed by atoms with Crippen molar-refractivity contribution < 1.29 is 9.53 Å². The quantitative estimate of drug-likeness (QED) is 0.869. The maximum Gasteiger partial charge on any atom is 0.223 e. The van der Waals surface area contributed by atoms with Crippen LogP contribution < -0.4 is 0 Å². The lowest BCUT2D eigenvalue weighted by Crippen LogP contribution is -2.42. The number of hydrogen-bond donors (Lipinski definition) is 1. The number of carbonyl (C=O) groups is 1. The summed E-state index contributed by atoms with van der Waals surface area (Å²) in [5.74, 6) is 1.65. The Morgan fingerprint density at radius 1 is 1.52 bits per heavy atom. The van der Waals surface area contributed by atoms with Crippen LogP contribution in [0.5, 0.6) is 0 Å². The largest absolute Gasteiger partial charge is 0.366 e. The van der Waals surface area contributed by atoms with Crippen molar-refractivity contribution in [3.8, 4) is 0 Å². The van der Waals surface area contributed by atoms with Crippen LogP contribution in [-0.4, -0.2) is 50.7 Å². The number of hydrogen-bond acceptors (Lipinski definition) is 6. The Labute approximate surface area is 139 Å². The van der Waals surface area contributed by atoms with E-state index in [1.54, 1.807) is 16.8 Å². The lowest BCUT2D eigenvalue weighted by Gasteiger charge is -2.31. The molecule has 1 fully saturated rings. The fourth-order valence-corrected chi connectivity index (χ4v) is 3.18. The highest BCUT2D eigenvalue weighted by molar-refractivity contribution is 7.07. The fourth-order valence-electron chi connectivity index (χ4n) is 2.59. The molecule has 1 atom stereocenters. The highest BCUT2D eigenvalue weighted by Crippen LogP contribution is 2.20. The number of aromatic nitrogens is 4. The van der Waals surface area contributed by atoms with E-state index < -0.39 is 0 Å². The van der Waals surface area contributed by atoms with Crippen LogP contribution in [0.2, 0.25) is 0 Å². The highest BCUT2D eigenvalue weighted by Gasteiger charge is 2.27. The molecular weight excluding hydrogens is 314 g/mol. The average molecular weight is 335 g/mol. The van der Waals surface area contributed by atoms with Gasteiger partial charge in [-0.2, -0.15) is 5.10 Å². The molecule has 0 unspecified atom stereocenters. The first-order valence-corrected chi connectivity index (χ1v) is 8.88. The van der Waals surface area contributed by atoms with Gasteiger partial charge in [0.25, 0.3) is 0 Å². The maximum absolute atomic E-state index is 12.4. The van der Waals surface area contributed by atoms with Gasteiger partial charge in [0.15, 0.2) is 5.82 Å². The lowest BCUT2D eigenvalue weighted by molar-refractivity contribution is -0.139. The summed E-state index contributed by atoms with van der Waals surface area (Å²) in [5.41, 5.74) is 2.77. The standard InChI is InChI=1S/C15H21N5O2S/c1-2-3-13-17-15(19-18-13)12-8-20(6-7-22-12)14(21)5-4-11-9-23-10-16-11/h9-10,12H,2-8H2,1H3,(H,17,18,19)/t12-/m0/s1. The van der Waals surface area contributed by atoms with E-state index in [0.717, 1.165) is 24.4 Å². The minimum atomic E-state index is -0.242. The first-order valence-electron chi connectivity index (χ1n) is 7.94. The summed E-state index contributed by atoms with van der Waals surface area (Å²) in [7, 11) is 0. The van der Waals surface area contributed by atoms with Crippen molar-refractivity contribution in [2.45, 2.75) is 38.7 Å². The van der Waals surface area contributed by atoms with Crippen molar-refractivity contribution in [1.29, 1.82) is 0 Å². The zero-order valence-electron chi connectivity index (χ0n) is 13.2. The van der Waals surface area contributed by atoms with Crippen LogP contribution >= 0.6 is 11.3 Å². The topological polar surface area (TPSA) is 84.0 Å². The predicted octanol–water partition coefficient (Wildman–Crippen LogP) is 1.75. The molecule has 1 amide bonds. The molecule has 3 heterocycles. The molecule has 1 aliphatic heterocycles. The van der Waals surface area contributed by atoms with Gasteiger partial charge in [-0.1, -0.05) is 6.92 Å². The summed E-state index contributed by atoms with van der Waals surface area (Å²) in [5, 5.41) is 9.16. The van der Waals surface area contributed by atoms with Crippen LogP contribution in [0.15, 0.2) is 10.9 Å². The number of aromatic amines is 1. The Bertz CT molecular complexity index is 628. The van der Waals surface area contributed by atoms with Gasteiger partial charge in [0, 0.05) is 24.8 Å². The van der Waals surface area contributed by atoms with E-state index in [4.69, 9.17) is 4.74 Å². The number of amides is 1. The van der Waals surface area contributed by atoms with Crippen molar-refractivity contribution in [3.63, 3.8) is 0 Å². The number of thiazole rings is 1. The van der Waals surface area contributed by atoms with Crippen molar-refractivity contribution in [1.82, 2.24) is 25.1 Å². The monoisotopic (exact) mass is 335 g/mol. The second kappa shape index (κ2) is 7.65. The van der Waals surface area contributed by atoms with E-state index in [1.807, 2.05) is 10.3 Å². The normalized spacial score (nSPS) is 18.3. The maximum atomic E-state index is 12.4. The van der Waals surface area contributed by atoms with Gasteiger partial charge < -0.3 is 9.64 Å². The molecule has 1 aliphatic rings. The molecule has 23 heavy (non-hydrogen) atoms. The molecule has 7 nitrogen and oxygen atoms in total. The number of morpholine rings is 1. The van der Waals surface area contributed by atoms with E-state index in [-0.39, 0.29) is 12.0 Å². The van der Waals surface area contributed by atoms with Gasteiger partial charge >= 0.3 is 0 Å². The molecule has 2 aromatic heterocycles. The van der Waals surface area contributed by atoms with Gasteiger partial charge in [0.1, 0.15) is 11.9 Å². The third-order valence-corrected chi connectivity index (χ3v) is 4.46. The smallest absolute Gasteiger partial charge is 0.223 e. The van der Waals surface area contributed by atoms with Gasteiger partial charge in [-0.25, -0.2) is 9.97 Å². The molecule has 0 spiro atoms. The summed E-state index contributed by atoms with van der Waals surface area (Å²) in [4.78, 5) is 22.9. The van der Waals surface area contributed by atoms with Crippen LogP contribution in [0.1, 0.15) is 43.2 Å². The molecule has 3 rings (SSSR count). The van der Waals surface area contributed by atoms with Crippen molar-refractivity contribution >= 4 is 17.2 Å². The SMILES string of the molecule is CCCc1nc([C@@H]2CN(C(=O)CCc3cscn3)CCO2)n[nH]1. The Balaban J connectivity index is 1.55. The molecule has 1 saturated heterocycles. The summed E-state index contributed by atoms with van der Waals surface area (Å²) in [6.45, 7) is 3.75. The summed E-state index contributed by atoms with van der Waals surface area (Å²) in [6, 6.07) is 0. The number of carbonyl (C=O) groups excluding carboxylic acids is 1. The molecule has 0 aromatic carbocycles. The van der Waals surface area contributed by atoms with E-state index in [0.29, 0.717) is 38.4 Å². The third-order valence-electron chi connectivity index (χ3n) is 3.82. The van der Waals surface area contributed by atoms with Crippen LogP contribution in [0.25, 0.3) is 0 Å². The zero-order chi connectivity index (χ0) is 16.1. The summed E-state index contributed by atoms with van der Waals surface area (Å²) < 4.78 is 5.74. The molecular formula is C15H21N5O2S. The van der Waals surface area contributed by atoms with Crippen LogP contribution in [0.3, 0.4) is 0 Å². The molecule has 124 valence electrons. The zero-order valence-corrected chi connectivity index (χ0v) is 14.0. The summed E-state index contributed by atoms with van der Waals surface area (Å²) >= 11 is 1.55. The van der Waals surface area contributed by atoms with Crippen LogP contribution in [-0.2, 0) is 22.4 Å². The number of H-pyrrole nitrogens is 1. The second-order valence-corrected chi connectivity index (χ2v) is 6.29. The predicted molar refractivity (Wildman–Crippen MR) is 86.1 cm³/mol. The average Bonchev–Trinajstić information content (AvgIpc) is 3.25. The van der Waals surface area contributed by atoms with Crippen LogP contribution in [0, 0.1) is 0 Å². The number of nitrogens with zero attached hydrogens (tertiary/aromatic N) is 4. The van der Waals surface area contributed by atoms with Crippen molar-refractivity contribution in [2.75, 3.05) is 19.7 Å². The van der Waals surface area contributed by atoms with E-state index in [9.17, 15) is 4.79 Å². The number of nitrogens with one attached hydrogen (secondary N) is 1. The minimum absolute atomic E-state index is 0.135. The first-order chi connectivity index (χ1) is 11.3. The minimum Gasteiger partial charge on any atom is -0.366 e. The number of rotatable bonds is 6. The van der Waals surface area contributed by atoms with E-state index >= 15 is 0 Å². The van der Waals surface area contributed by atoms with Gasteiger partial charge in [0.05, 0.1) is 24.4 Å². The lowest BCUT2D eigenvalue weighted by atomic mass is 10.2. The van der Waals surface area contributed by atoms with Gasteiger partial charge in [-0.15, -0.1) is 11.3 Å². The fraction of sp³-hybridized carbons (Fsp3) is 0.600. The molecule has 0 bridgehead atoms. The van der Waals surface area contributed by atoms with Crippen molar-refractivity contribution in [3.05, 3.63) is 28.2 Å². The molecule has 0 aliphatic carbocycles. The van der Waals surface area contributed by atoms with E-state index in [2.05, 4.69) is 27.1 Å². The first kappa shape index (κ1) is 16.1. The van der Waals surface area contributed by atoms with Gasteiger partial charge in [-0.05, 0) is 12.8 Å². The number of aryl methyl sites for hydroxylation is 2. The van der Waals surface area contributed by atoms with Gasteiger partial charge in [-0.3, -0.25) is 9.89 Å². The third kappa shape index (κ3) is 4.14. The Morgan fingerprint density at radius 3 is 3.22 bits per heavy atom. The molecule has 2 aromatic rings. The van der Waals surface area contributed by atoms with Gasteiger partial charge in [0.2, 0.25) is 5.91 Å². The number of ether oxygens (including phenoxy) is 1. The Morgan fingerprint density at radius 2 is 2.43 bits per heavy atom. The van der Waals surface area contributed by atoms with Crippen molar-refractivity contribution in [2.24, 2.45) is 0 Å². The molecule has 8 heteroatoms. The molecule has 1 N–H and O–H groups in total. The molecule has 0 saturated carbocycles. The summed E-state index contributed by atoms with van der Waals surface area (Å²) in [6.07, 6.45) is 2.81. The highest BCUT2D eigenvalue weighted by atomic mass is 32.1. The second-order valence-electron chi connectivity index (χ2n) is 5.57. The Kier molecular flexibility index (Phi) is 5.35. The van der Waals surface area contributed by atoms with E-state index in [1.165, 1.54) is 0 Å². The Hall–Kier alpha value is -1.80.